The van der Waals surface area contributed by atoms with E-state index in [4.69, 9.17) is 4.74 Å². The lowest BCUT2D eigenvalue weighted by molar-refractivity contribution is 0.171. The highest BCUT2D eigenvalue weighted by Crippen LogP contribution is 2.61. The topological polar surface area (TPSA) is 50.4 Å². The summed E-state index contributed by atoms with van der Waals surface area (Å²) in [6, 6.07) is 8.82. The van der Waals surface area contributed by atoms with Gasteiger partial charge in [0.2, 0.25) is 0 Å². The van der Waals surface area contributed by atoms with Crippen LogP contribution in [0.5, 0.6) is 0 Å². The SMILES string of the molecule is COCCC1(CNC(=O)NC[C@@H]2C[C@@]23CCc2ccccc23)CC1. The maximum Gasteiger partial charge on any atom is 0.314 e. The van der Waals surface area contributed by atoms with E-state index >= 15 is 0 Å². The monoisotopic (exact) mass is 328 g/mol. The summed E-state index contributed by atoms with van der Waals surface area (Å²) in [5.74, 6) is 0.607. The maximum absolute atomic E-state index is 12.1. The van der Waals surface area contributed by atoms with Gasteiger partial charge < -0.3 is 15.4 Å². The fraction of sp³-hybridized carbons (Fsp3) is 0.650. The fourth-order valence-electron chi connectivity index (χ4n) is 4.56. The molecule has 0 heterocycles. The molecule has 2 atom stereocenters. The van der Waals surface area contributed by atoms with Crippen molar-refractivity contribution in [3.63, 3.8) is 0 Å². The van der Waals surface area contributed by atoms with Crippen LogP contribution in [0.15, 0.2) is 24.3 Å². The van der Waals surface area contributed by atoms with Crippen molar-refractivity contribution in [1.82, 2.24) is 10.6 Å². The quantitative estimate of drug-likeness (QED) is 0.808. The summed E-state index contributed by atoms with van der Waals surface area (Å²) in [4.78, 5) is 12.1. The summed E-state index contributed by atoms with van der Waals surface area (Å²) in [5.41, 5.74) is 3.71. The van der Waals surface area contributed by atoms with Crippen LogP contribution < -0.4 is 10.6 Å². The summed E-state index contributed by atoms with van der Waals surface area (Å²) >= 11 is 0. The molecule has 0 saturated heterocycles. The van der Waals surface area contributed by atoms with Crippen LogP contribution in [0.4, 0.5) is 4.79 Å². The van der Waals surface area contributed by atoms with Crippen LogP contribution in [-0.4, -0.2) is 32.8 Å². The molecule has 0 radical (unpaired) electrons. The van der Waals surface area contributed by atoms with Gasteiger partial charge in [0.15, 0.2) is 0 Å². The lowest BCUT2D eigenvalue weighted by Gasteiger charge is -2.16. The molecule has 130 valence electrons. The van der Waals surface area contributed by atoms with Gasteiger partial charge in [-0.15, -0.1) is 0 Å². The molecule has 2 N–H and O–H groups in total. The number of nitrogens with one attached hydrogen (secondary N) is 2. The molecule has 0 aromatic heterocycles. The van der Waals surface area contributed by atoms with E-state index in [-0.39, 0.29) is 6.03 Å². The van der Waals surface area contributed by atoms with E-state index in [1.807, 2.05) is 0 Å². The second-order valence-corrected chi connectivity index (χ2v) is 8.02. The molecule has 24 heavy (non-hydrogen) atoms. The minimum atomic E-state index is -0.00739. The molecule has 4 heteroatoms. The Balaban J connectivity index is 1.22. The Bertz CT molecular complexity index is 626. The van der Waals surface area contributed by atoms with E-state index in [2.05, 4.69) is 34.9 Å². The minimum Gasteiger partial charge on any atom is -0.385 e. The van der Waals surface area contributed by atoms with Gasteiger partial charge in [-0.05, 0) is 61.0 Å². The standard InChI is InChI=1S/C20H28N2O2/c1-24-11-10-19(8-9-19)14-22-18(23)21-13-16-12-20(16)7-6-15-4-2-3-5-17(15)20/h2-5,16H,6-14H2,1H3,(H2,21,22,23)/t16-,20-/m0/s1. The molecular weight excluding hydrogens is 300 g/mol. The van der Waals surface area contributed by atoms with E-state index in [1.165, 1.54) is 43.2 Å². The van der Waals surface area contributed by atoms with Crippen LogP contribution >= 0.6 is 0 Å². The average molecular weight is 328 g/mol. The third kappa shape index (κ3) is 2.92. The van der Waals surface area contributed by atoms with Crippen LogP contribution in [0.1, 0.15) is 43.2 Å². The van der Waals surface area contributed by atoms with E-state index in [1.54, 1.807) is 7.11 Å². The average Bonchev–Trinajstić information content (AvgIpc) is 3.49. The Morgan fingerprint density at radius 1 is 1.25 bits per heavy atom. The molecule has 2 saturated carbocycles. The second kappa shape index (κ2) is 6.07. The smallest absolute Gasteiger partial charge is 0.314 e. The number of fused-ring (bicyclic) bond motifs is 2. The van der Waals surface area contributed by atoms with Crippen molar-refractivity contribution in [2.24, 2.45) is 11.3 Å². The zero-order valence-electron chi connectivity index (χ0n) is 14.6. The zero-order valence-corrected chi connectivity index (χ0v) is 14.6. The number of carbonyl (C=O) groups excluding carboxylic acids is 1. The molecule has 0 bridgehead atoms. The van der Waals surface area contributed by atoms with Crippen LogP contribution in [0.3, 0.4) is 0 Å². The predicted molar refractivity (Wildman–Crippen MR) is 94.1 cm³/mol. The molecule has 1 spiro atoms. The van der Waals surface area contributed by atoms with Gasteiger partial charge in [-0.2, -0.15) is 0 Å². The number of hydrogen-bond acceptors (Lipinski definition) is 2. The number of urea groups is 1. The Hall–Kier alpha value is -1.55. The van der Waals surface area contributed by atoms with Crippen molar-refractivity contribution in [2.45, 2.75) is 43.9 Å². The first kappa shape index (κ1) is 15.9. The third-order valence-corrected chi connectivity index (χ3v) is 6.55. The van der Waals surface area contributed by atoms with Crippen molar-refractivity contribution >= 4 is 6.03 Å². The summed E-state index contributed by atoms with van der Waals surface area (Å²) in [6.07, 6.45) is 7.13. The molecule has 4 nitrogen and oxygen atoms in total. The number of ether oxygens (including phenoxy) is 1. The van der Waals surface area contributed by atoms with Gasteiger partial charge in [0.1, 0.15) is 0 Å². The summed E-state index contributed by atoms with van der Waals surface area (Å²) in [5, 5.41) is 6.17. The summed E-state index contributed by atoms with van der Waals surface area (Å²) in [6.45, 7) is 2.36. The number of aryl methyl sites for hydroxylation is 1. The highest BCUT2D eigenvalue weighted by Gasteiger charge is 2.57. The van der Waals surface area contributed by atoms with E-state index < -0.39 is 0 Å². The Morgan fingerprint density at radius 3 is 2.88 bits per heavy atom. The molecule has 1 aromatic rings. The molecule has 3 aliphatic carbocycles. The predicted octanol–water partition coefficient (Wildman–Crippen LogP) is 3.01. The number of benzene rings is 1. The Morgan fingerprint density at radius 2 is 2.08 bits per heavy atom. The van der Waals surface area contributed by atoms with Crippen molar-refractivity contribution in [3.8, 4) is 0 Å². The van der Waals surface area contributed by atoms with E-state index in [9.17, 15) is 4.79 Å². The number of methoxy groups -OCH3 is 1. The maximum atomic E-state index is 12.1. The Kier molecular flexibility index (Phi) is 4.03. The first-order valence-corrected chi connectivity index (χ1v) is 9.27. The summed E-state index contributed by atoms with van der Waals surface area (Å²) in [7, 11) is 1.74. The fourth-order valence-corrected chi connectivity index (χ4v) is 4.56. The summed E-state index contributed by atoms with van der Waals surface area (Å²) < 4.78 is 5.17. The van der Waals surface area contributed by atoms with Gasteiger partial charge in [-0.1, -0.05) is 24.3 Å². The molecule has 1 aromatic carbocycles. The van der Waals surface area contributed by atoms with Gasteiger partial charge in [0.25, 0.3) is 0 Å². The van der Waals surface area contributed by atoms with Crippen LogP contribution in [0, 0.1) is 11.3 Å². The highest BCUT2D eigenvalue weighted by molar-refractivity contribution is 5.74. The first-order chi connectivity index (χ1) is 11.7. The normalized spacial score (nSPS) is 28.5. The molecule has 4 rings (SSSR count). The van der Waals surface area contributed by atoms with Crippen molar-refractivity contribution in [1.29, 1.82) is 0 Å². The lowest BCUT2D eigenvalue weighted by Crippen LogP contribution is -2.40. The largest absolute Gasteiger partial charge is 0.385 e. The molecule has 0 unspecified atom stereocenters. The van der Waals surface area contributed by atoms with Gasteiger partial charge in [-0.25, -0.2) is 4.79 Å². The van der Waals surface area contributed by atoms with Gasteiger partial charge in [0.05, 0.1) is 0 Å². The van der Waals surface area contributed by atoms with Gasteiger partial charge in [0, 0.05) is 32.2 Å². The minimum absolute atomic E-state index is 0.00739. The van der Waals surface area contributed by atoms with Gasteiger partial charge in [-0.3, -0.25) is 0 Å². The lowest BCUT2D eigenvalue weighted by atomic mass is 9.95. The van der Waals surface area contributed by atoms with Crippen LogP contribution in [0.2, 0.25) is 0 Å². The molecule has 0 aliphatic heterocycles. The van der Waals surface area contributed by atoms with Crippen molar-refractivity contribution in [3.05, 3.63) is 35.4 Å². The van der Waals surface area contributed by atoms with Gasteiger partial charge >= 0.3 is 6.03 Å². The number of hydrogen-bond donors (Lipinski definition) is 2. The molecular formula is C20H28N2O2. The molecule has 3 aliphatic rings. The first-order valence-electron chi connectivity index (χ1n) is 9.27. The zero-order chi connectivity index (χ0) is 16.6. The van der Waals surface area contributed by atoms with E-state index in [0.717, 1.165) is 26.1 Å². The molecule has 2 fully saturated rings. The van der Waals surface area contributed by atoms with Crippen molar-refractivity contribution < 1.29 is 9.53 Å². The second-order valence-electron chi connectivity index (χ2n) is 8.02. The van der Waals surface area contributed by atoms with E-state index in [0.29, 0.717) is 16.7 Å². The van der Waals surface area contributed by atoms with Crippen LogP contribution in [0.25, 0.3) is 0 Å². The molecule has 2 amide bonds. The van der Waals surface area contributed by atoms with Crippen LogP contribution in [-0.2, 0) is 16.6 Å². The highest BCUT2D eigenvalue weighted by atomic mass is 16.5. The number of carbonyl (C=O) groups is 1. The number of rotatable bonds is 7. The number of amides is 2. The third-order valence-electron chi connectivity index (χ3n) is 6.55. The van der Waals surface area contributed by atoms with Crippen molar-refractivity contribution in [2.75, 3.05) is 26.8 Å². The Labute approximate surface area is 144 Å².